The van der Waals surface area contributed by atoms with Crippen LogP contribution >= 0.6 is 0 Å². The molecule has 0 fully saturated rings. The molecule has 0 aliphatic heterocycles. The van der Waals surface area contributed by atoms with Gasteiger partial charge in [-0.15, -0.1) is 0 Å². The molecule has 0 rings (SSSR count). The molecule has 0 heterocycles. The number of carboxylic acid groups (broad SMARTS) is 2. The van der Waals surface area contributed by atoms with Crippen molar-refractivity contribution in [3.05, 3.63) is 11.6 Å². The maximum atomic E-state index is 10.6. The highest BCUT2D eigenvalue weighted by Crippen LogP contribution is 2.11. The molecule has 4 nitrogen and oxygen atoms in total. The Bertz CT molecular complexity index is 226. The Balaban J connectivity index is 4.19. The zero-order chi connectivity index (χ0) is 10.4. The fourth-order valence-electron chi connectivity index (χ4n) is 0.860. The van der Waals surface area contributed by atoms with Crippen LogP contribution in [0.25, 0.3) is 0 Å². The first kappa shape index (κ1) is 11.7. The van der Waals surface area contributed by atoms with Gasteiger partial charge in [-0.05, 0) is 20.3 Å². The summed E-state index contributed by atoms with van der Waals surface area (Å²) in [6.45, 7) is 3.69. The predicted octanol–water partition coefficient (Wildman–Crippen LogP) is 1.52. The van der Waals surface area contributed by atoms with Crippen LogP contribution in [0.4, 0.5) is 0 Å². The van der Waals surface area contributed by atoms with E-state index in [1.807, 2.05) is 13.8 Å². The van der Waals surface area contributed by atoms with Crippen LogP contribution in [0, 0.1) is 5.92 Å². The van der Waals surface area contributed by atoms with Crippen molar-refractivity contribution < 1.29 is 19.8 Å². The van der Waals surface area contributed by atoms with E-state index in [-0.39, 0.29) is 12.8 Å². The first-order valence-electron chi connectivity index (χ1n) is 4.01. The molecule has 0 aromatic heterocycles. The molecule has 0 aliphatic carbocycles. The molecule has 1 unspecified atom stereocenters. The van der Waals surface area contributed by atoms with E-state index in [9.17, 15) is 9.59 Å². The molecule has 4 heteroatoms. The van der Waals surface area contributed by atoms with Gasteiger partial charge < -0.3 is 10.2 Å². The maximum absolute atomic E-state index is 10.6. The number of allylic oxidation sites excluding steroid dienone is 2. The summed E-state index contributed by atoms with van der Waals surface area (Å²) < 4.78 is 0. The van der Waals surface area contributed by atoms with Gasteiger partial charge in [0.05, 0.1) is 12.3 Å². The van der Waals surface area contributed by atoms with Crippen LogP contribution in [0.1, 0.15) is 26.7 Å². The van der Waals surface area contributed by atoms with E-state index in [0.29, 0.717) is 0 Å². The summed E-state index contributed by atoms with van der Waals surface area (Å²) in [5, 5.41) is 17.1. The second-order valence-corrected chi connectivity index (χ2v) is 3.15. The van der Waals surface area contributed by atoms with Crippen molar-refractivity contribution in [2.24, 2.45) is 5.92 Å². The zero-order valence-electron chi connectivity index (χ0n) is 7.78. The second kappa shape index (κ2) is 5.35. The summed E-state index contributed by atoms with van der Waals surface area (Å²) in [4.78, 5) is 20.8. The number of hydrogen-bond acceptors (Lipinski definition) is 2. The molecule has 74 valence electrons. The molecule has 0 aliphatic rings. The van der Waals surface area contributed by atoms with Crippen molar-refractivity contribution in [2.45, 2.75) is 26.7 Å². The SMILES string of the molecule is CC(C)=CCC(CC(=O)O)C(=O)O. The molecule has 2 N–H and O–H groups in total. The van der Waals surface area contributed by atoms with Crippen LogP contribution in [0.3, 0.4) is 0 Å². The van der Waals surface area contributed by atoms with Gasteiger partial charge in [0.15, 0.2) is 0 Å². The minimum atomic E-state index is -1.07. The Hall–Kier alpha value is -1.32. The average molecular weight is 186 g/mol. The molecule has 0 aromatic rings. The van der Waals surface area contributed by atoms with Crippen molar-refractivity contribution in [2.75, 3.05) is 0 Å². The van der Waals surface area contributed by atoms with Crippen molar-refractivity contribution in [3.8, 4) is 0 Å². The quantitative estimate of drug-likeness (QED) is 0.638. The van der Waals surface area contributed by atoms with Gasteiger partial charge in [-0.25, -0.2) is 0 Å². The Kier molecular flexibility index (Phi) is 4.80. The summed E-state index contributed by atoms with van der Waals surface area (Å²) in [7, 11) is 0. The lowest BCUT2D eigenvalue weighted by Crippen LogP contribution is -2.17. The van der Waals surface area contributed by atoms with E-state index >= 15 is 0 Å². The standard InChI is InChI=1S/C9H14O4/c1-6(2)3-4-7(9(12)13)5-8(10)11/h3,7H,4-5H2,1-2H3,(H,10,11)(H,12,13). The van der Waals surface area contributed by atoms with Gasteiger partial charge in [0.1, 0.15) is 0 Å². The van der Waals surface area contributed by atoms with E-state index in [4.69, 9.17) is 10.2 Å². The maximum Gasteiger partial charge on any atom is 0.307 e. The van der Waals surface area contributed by atoms with Crippen molar-refractivity contribution >= 4 is 11.9 Å². The number of rotatable bonds is 5. The number of carboxylic acids is 2. The molecule has 13 heavy (non-hydrogen) atoms. The van der Waals surface area contributed by atoms with Crippen LogP contribution in [0.15, 0.2) is 11.6 Å². The van der Waals surface area contributed by atoms with Gasteiger partial charge in [-0.2, -0.15) is 0 Å². The molecule has 0 amide bonds. The Labute approximate surface area is 76.9 Å². The van der Waals surface area contributed by atoms with Crippen LogP contribution in [-0.2, 0) is 9.59 Å². The molecule has 0 saturated carbocycles. The molecule has 0 saturated heterocycles. The Morgan fingerprint density at radius 1 is 1.31 bits per heavy atom. The summed E-state index contributed by atoms with van der Waals surface area (Å²) in [5.41, 5.74) is 0.997. The fraction of sp³-hybridized carbons (Fsp3) is 0.556. The Morgan fingerprint density at radius 3 is 2.15 bits per heavy atom. The van der Waals surface area contributed by atoms with Gasteiger partial charge in [0.25, 0.3) is 0 Å². The smallest absolute Gasteiger partial charge is 0.307 e. The lowest BCUT2D eigenvalue weighted by atomic mass is 10.0. The van der Waals surface area contributed by atoms with Crippen molar-refractivity contribution in [1.82, 2.24) is 0 Å². The van der Waals surface area contributed by atoms with Crippen molar-refractivity contribution in [3.63, 3.8) is 0 Å². The molecule has 0 bridgehead atoms. The summed E-state index contributed by atoms with van der Waals surface area (Å²) in [5.74, 6) is -2.94. The van der Waals surface area contributed by atoms with Crippen LogP contribution in [-0.4, -0.2) is 22.2 Å². The minimum absolute atomic E-state index is 0.282. The molecule has 1 atom stereocenters. The van der Waals surface area contributed by atoms with E-state index in [1.54, 1.807) is 6.08 Å². The van der Waals surface area contributed by atoms with Gasteiger partial charge in [0, 0.05) is 0 Å². The van der Waals surface area contributed by atoms with Gasteiger partial charge in [-0.3, -0.25) is 9.59 Å². The van der Waals surface area contributed by atoms with E-state index in [2.05, 4.69) is 0 Å². The topological polar surface area (TPSA) is 74.6 Å². The highest BCUT2D eigenvalue weighted by molar-refractivity contribution is 5.77. The molecular formula is C9H14O4. The third-order valence-corrected chi connectivity index (χ3v) is 1.58. The van der Waals surface area contributed by atoms with Crippen LogP contribution in [0.2, 0.25) is 0 Å². The predicted molar refractivity (Wildman–Crippen MR) is 47.4 cm³/mol. The summed E-state index contributed by atoms with van der Waals surface area (Å²) in [6.07, 6.45) is 1.70. The molecule has 0 spiro atoms. The van der Waals surface area contributed by atoms with Gasteiger partial charge >= 0.3 is 11.9 Å². The first-order valence-corrected chi connectivity index (χ1v) is 4.01. The summed E-state index contributed by atoms with van der Waals surface area (Å²) >= 11 is 0. The first-order chi connectivity index (χ1) is 5.93. The van der Waals surface area contributed by atoms with Crippen LogP contribution < -0.4 is 0 Å². The van der Waals surface area contributed by atoms with Gasteiger partial charge in [-0.1, -0.05) is 11.6 Å². The number of aliphatic carboxylic acids is 2. The third kappa shape index (κ3) is 5.90. The van der Waals surface area contributed by atoms with Crippen LogP contribution in [0.5, 0.6) is 0 Å². The normalized spacial score (nSPS) is 11.8. The van der Waals surface area contributed by atoms with E-state index in [1.165, 1.54) is 0 Å². The zero-order valence-corrected chi connectivity index (χ0v) is 7.78. The Morgan fingerprint density at radius 2 is 1.85 bits per heavy atom. The largest absolute Gasteiger partial charge is 0.481 e. The molecular weight excluding hydrogens is 172 g/mol. The average Bonchev–Trinajstić information content (AvgIpc) is 1.96. The number of carbonyl (C=O) groups is 2. The summed E-state index contributed by atoms with van der Waals surface area (Å²) in [6, 6.07) is 0. The van der Waals surface area contributed by atoms with Crippen molar-refractivity contribution in [1.29, 1.82) is 0 Å². The van der Waals surface area contributed by atoms with E-state index < -0.39 is 17.9 Å². The number of hydrogen-bond donors (Lipinski definition) is 2. The van der Waals surface area contributed by atoms with E-state index in [0.717, 1.165) is 5.57 Å². The second-order valence-electron chi connectivity index (χ2n) is 3.15. The highest BCUT2D eigenvalue weighted by atomic mass is 16.4. The lowest BCUT2D eigenvalue weighted by molar-refractivity contribution is -0.148. The monoisotopic (exact) mass is 186 g/mol. The molecule has 0 radical (unpaired) electrons. The lowest BCUT2D eigenvalue weighted by Gasteiger charge is -2.06. The third-order valence-electron chi connectivity index (χ3n) is 1.58. The fourth-order valence-corrected chi connectivity index (χ4v) is 0.860. The highest BCUT2D eigenvalue weighted by Gasteiger charge is 2.19. The minimum Gasteiger partial charge on any atom is -0.481 e. The molecule has 0 aromatic carbocycles. The van der Waals surface area contributed by atoms with Gasteiger partial charge in [0.2, 0.25) is 0 Å².